The predicted octanol–water partition coefficient (Wildman–Crippen LogP) is 5.45. The number of nitrogens with one attached hydrogen (secondary N) is 2. The highest BCUT2D eigenvalue weighted by molar-refractivity contribution is 7.59. The predicted molar refractivity (Wildman–Crippen MR) is 146 cm³/mol. The van der Waals surface area contributed by atoms with Crippen LogP contribution in [0.25, 0.3) is 22.2 Å². The summed E-state index contributed by atoms with van der Waals surface area (Å²) in [5, 5.41) is 6.70. The zero-order valence-corrected chi connectivity index (χ0v) is 22.0. The molecule has 1 amide bonds. The molecule has 0 unspecified atom stereocenters. The Morgan fingerprint density at radius 1 is 1.03 bits per heavy atom. The molecule has 0 fully saturated rings. The quantitative estimate of drug-likeness (QED) is 0.318. The Morgan fingerprint density at radius 2 is 1.76 bits per heavy atom. The summed E-state index contributed by atoms with van der Waals surface area (Å²) < 4.78 is 34.2. The SMILES string of the molecule is CNC(=O)c1ccnc2c([C@H](C)CNc3cc(-c4cc(F)c(OC(C)C)c(F)c4)ncn3)cccc12.S. The zero-order valence-electron chi connectivity index (χ0n) is 21.0. The van der Waals surface area contributed by atoms with Gasteiger partial charge in [0, 0.05) is 42.7 Å². The van der Waals surface area contributed by atoms with Crippen molar-refractivity contribution >= 4 is 36.1 Å². The third-order valence-electron chi connectivity index (χ3n) is 5.71. The van der Waals surface area contributed by atoms with Gasteiger partial charge in [-0.3, -0.25) is 9.78 Å². The summed E-state index contributed by atoms with van der Waals surface area (Å²) in [6.45, 7) is 5.94. The van der Waals surface area contributed by atoms with Gasteiger partial charge in [0.05, 0.1) is 22.9 Å². The summed E-state index contributed by atoms with van der Waals surface area (Å²) in [5.74, 6) is -1.63. The molecule has 1 atom stereocenters. The molecule has 0 saturated carbocycles. The van der Waals surface area contributed by atoms with Crippen LogP contribution in [0, 0.1) is 11.6 Å². The molecule has 194 valence electrons. The topological polar surface area (TPSA) is 89.0 Å². The van der Waals surface area contributed by atoms with Crippen LogP contribution in [-0.4, -0.2) is 40.6 Å². The molecular weight excluding hydrogens is 496 g/mol. The number of fused-ring (bicyclic) bond motifs is 1. The van der Waals surface area contributed by atoms with E-state index >= 15 is 0 Å². The lowest BCUT2D eigenvalue weighted by Gasteiger charge is -2.16. The van der Waals surface area contributed by atoms with Gasteiger partial charge in [0.15, 0.2) is 17.4 Å². The normalized spacial score (nSPS) is 11.6. The molecule has 4 aromatic rings. The Morgan fingerprint density at radius 3 is 2.43 bits per heavy atom. The maximum atomic E-state index is 14.5. The van der Waals surface area contributed by atoms with Crippen molar-refractivity contribution in [3.63, 3.8) is 0 Å². The smallest absolute Gasteiger partial charge is 0.251 e. The Bertz CT molecular complexity index is 1390. The number of para-hydroxylation sites is 1. The van der Waals surface area contributed by atoms with Gasteiger partial charge in [0.2, 0.25) is 0 Å². The van der Waals surface area contributed by atoms with E-state index in [9.17, 15) is 13.6 Å². The number of halogens is 2. The van der Waals surface area contributed by atoms with Crippen LogP contribution in [0.5, 0.6) is 5.75 Å². The molecule has 2 heterocycles. The Labute approximate surface area is 221 Å². The van der Waals surface area contributed by atoms with E-state index in [2.05, 4.69) is 25.6 Å². The number of hydrogen-bond acceptors (Lipinski definition) is 6. The van der Waals surface area contributed by atoms with E-state index < -0.39 is 17.4 Å². The average Bonchev–Trinajstić information content (AvgIpc) is 2.88. The third-order valence-corrected chi connectivity index (χ3v) is 5.71. The minimum absolute atomic E-state index is 0. The fraction of sp³-hybridized carbons (Fsp3) is 0.259. The number of benzene rings is 2. The van der Waals surface area contributed by atoms with Crippen LogP contribution in [0.15, 0.2) is 55.0 Å². The zero-order chi connectivity index (χ0) is 25.8. The van der Waals surface area contributed by atoms with Gasteiger partial charge in [-0.15, -0.1) is 0 Å². The first kappa shape index (κ1) is 27.8. The fourth-order valence-electron chi connectivity index (χ4n) is 3.96. The van der Waals surface area contributed by atoms with Crippen LogP contribution in [0.3, 0.4) is 0 Å². The molecule has 7 nitrogen and oxygen atoms in total. The third kappa shape index (κ3) is 6.14. The van der Waals surface area contributed by atoms with Gasteiger partial charge in [0.1, 0.15) is 12.1 Å². The van der Waals surface area contributed by atoms with Crippen molar-refractivity contribution < 1.29 is 18.3 Å². The molecule has 0 saturated heterocycles. The second-order valence-corrected chi connectivity index (χ2v) is 8.69. The first-order valence-electron chi connectivity index (χ1n) is 11.6. The number of amides is 1. The number of aromatic nitrogens is 3. The van der Waals surface area contributed by atoms with E-state index in [1.54, 1.807) is 39.2 Å². The van der Waals surface area contributed by atoms with Gasteiger partial charge >= 0.3 is 0 Å². The molecule has 0 aliphatic heterocycles. The van der Waals surface area contributed by atoms with E-state index in [1.165, 1.54) is 18.5 Å². The van der Waals surface area contributed by atoms with Gasteiger partial charge in [-0.1, -0.05) is 25.1 Å². The van der Waals surface area contributed by atoms with E-state index in [4.69, 9.17) is 4.74 Å². The molecule has 0 radical (unpaired) electrons. The van der Waals surface area contributed by atoms with Gasteiger partial charge in [0.25, 0.3) is 5.91 Å². The standard InChI is InChI=1S/C27H27F2N5O2.H2S/c1-15(2)36-26-21(28)10-17(11-22(26)29)23-12-24(34-14-33-23)32-13-16(3)18-6-5-7-19-20(27(35)30-4)8-9-31-25(18)19;/h5-12,14-16H,13H2,1-4H3,(H,30,35)(H,32,33,34);1H2/t16-;/m1./s1. The lowest BCUT2D eigenvalue weighted by molar-refractivity contribution is 0.0964. The van der Waals surface area contributed by atoms with Crippen LogP contribution >= 0.6 is 13.5 Å². The maximum Gasteiger partial charge on any atom is 0.251 e. The number of rotatable bonds is 8. The van der Waals surface area contributed by atoms with Gasteiger partial charge in [-0.2, -0.15) is 13.5 Å². The Balaban J connectivity index is 0.00000380. The number of carbonyl (C=O) groups excluding carboxylic acids is 1. The summed E-state index contributed by atoms with van der Waals surface area (Å²) >= 11 is 0. The second-order valence-electron chi connectivity index (χ2n) is 8.69. The van der Waals surface area contributed by atoms with Crippen molar-refractivity contribution in [2.24, 2.45) is 0 Å². The van der Waals surface area contributed by atoms with E-state index in [1.807, 2.05) is 25.1 Å². The Kier molecular flexibility index (Phi) is 8.99. The maximum absolute atomic E-state index is 14.5. The van der Waals surface area contributed by atoms with E-state index in [0.29, 0.717) is 23.6 Å². The second kappa shape index (κ2) is 12.0. The molecular formula is C27H29F2N5O2S. The highest BCUT2D eigenvalue weighted by Crippen LogP contribution is 2.30. The highest BCUT2D eigenvalue weighted by Gasteiger charge is 2.17. The van der Waals surface area contributed by atoms with Crippen molar-refractivity contribution in [3.8, 4) is 17.0 Å². The first-order valence-corrected chi connectivity index (χ1v) is 11.6. The molecule has 4 rings (SSSR count). The molecule has 2 N–H and O–H groups in total. The molecule has 0 aliphatic carbocycles. The number of anilines is 1. The van der Waals surface area contributed by atoms with Crippen molar-refractivity contribution in [2.45, 2.75) is 32.8 Å². The molecule has 2 aromatic heterocycles. The van der Waals surface area contributed by atoms with Crippen LogP contribution in [-0.2, 0) is 0 Å². The number of ether oxygens (including phenoxy) is 1. The number of nitrogens with zero attached hydrogens (tertiary/aromatic N) is 3. The molecule has 0 spiro atoms. The van der Waals surface area contributed by atoms with Crippen LogP contribution < -0.4 is 15.4 Å². The monoisotopic (exact) mass is 525 g/mol. The summed E-state index contributed by atoms with van der Waals surface area (Å²) in [4.78, 5) is 25.2. The van der Waals surface area contributed by atoms with Crippen molar-refractivity contribution in [3.05, 3.63) is 77.8 Å². The van der Waals surface area contributed by atoms with E-state index in [0.717, 1.165) is 16.5 Å². The van der Waals surface area contributed by atoms with E-state index in [-0.39, 0.29) is 37.0 Å². The van der Waals surface area contributed by atoms with Gasteiger partial charge in [-0.25, -0.2) is 18.7 Å². The fourth-order valence-corrected chi connectivity index (χ4v) is 3.96. The minimum Gasteiger partial charge on any atom is -0.485 e. The summed E-state index contributed by atoms with van der Waals surface area (Å²) in [7, 11) is 1.59. The van der Waals surface area contributed by atoms with Crippen molar-refractivity contribution in [2.75, 3.05) is 18.9 Å². The van der Waals surface area contributed by atoms with Crippen LogP contribution in [0.1, 0.15) is 42.6 Å². The molecule has 10 heteroatoms. The number of hydrogen-bond donors (Lipinski definition) is 2. The largest absolute Gasteiger partial charge is 0.485 e. The molecule has 37 heavy (non-hydrogen) atoms. The lowest BCUT2D eigenvalue weighted by Crippen LogP contribution is -2.18. The van der Waals surface area contributed by atoms with Gasteiger partial charge in [-0.05, 0) is 37.6 Å². The summed E-state index contributed by atoms with van der Waals surface area (Å²) in [6, 6.07) is 11.5. The summed E-state index contributed by atoms with van der Waals surface area (Å²) in [6.07, 6.45) is 2.61. The minimum atomic E-state index is -0.792. The van der Waals surface area contributed by atoms with Gasteiger partial charge < -0.3 is 15.4 Å². The highest BCUT2D eigenvalue weighted by atomic mass is 32.1. The van der Waals surface area contributed by atoms with Crippen molar-refractivity contribution in [1.82, 2.24) is 20.3 Å². The number of carbonyl (C=O) groups is 1. The lowest BCUT2D eigenvalue weighted by atomic mass is 9.96. The van der Waals surface area contributed by atoms with Crippen LogP contribution in [0.2, 0.25) is 0 Å². The summed E-state index contributed by atoms with van der Waals surface area (Å²) in [5.41, 5.74) is 2.95. The molecule has 2 aromatic carbocycles. The van der Waals surface area contributed by atoms with Crippen LogP contribution in [0.4, 0.5) is 14.6 Å². The number of pyridine rings is 1. The molecule has 0 bridgehead atoms. The molecule has 0 aliphatic rings. The first-order chi connectivity index (χ1) is 17.3. The Hall–Kier alpha value is -3.79. The average molecular weight is 526 g/mol. The van der Waals surface area contributed by atoms with Crippen molar-refractivity contribution in [1.29, 1.82) is 0 Å².